The normalized spacial score (nSPS) is 16.1. The fourth-order valence-electron chi connectivity index (χ4n) is 3.03. The van der Waals surface area contributed by atoms with Crippen molar-refractivity contribution in [3.8, 4) is 0 Å². The maximum Gasteiger partial charge on any atom is 0.277 e. The van der Waals surface area contributed by atoms with Gasteiger partial charge in [0.25, 0.3) is 11.8 Å². The second-order valence-corrected chi connectivity index (χ2v) is 7.42. The molecule has 134 valence electrons. The van der Waals surface area contributed by atoms with Gasteiger partial charge in [0.2, 0.25) is 0 Å². The summed E-state index contributed by atoms with van der Waals surface area (Å²) in [7, 11) is 1.99. The SMILES string of the molecule is Cc1ccc(C[NH+](C)CC(=O)N2CCN(C(=O)c3cccs3)CC2)o1. The number of hydrogen-bond acceptors (Lipinski definition) is 4. The quantitative estimate of drug-likeness (QED) is 0.850. The third kappa shape index (κ3) is 4.49. The van der Waals surface area contributed by atoms with Crippen molar-refractivity contribution >= 4 is 23.2 Å². The molecule has 2 aromatic heterocycles. The van der Waals surface area contributed by atoms with Crippen molar-refractivity contribution in [2.24, 2.45) is 0 Å². The minimum absolute atomic E-state index is 0.0676. The third-order valence-electron chi connectivity index (χ3n) is 4.38. The molecule has 0 aromatic carbocycles. The molecule has 0 aliphatic carbocycles. The van der Waals surface area contributed by atoms with E-state index in [9.17, 15) is 9.59 Å². The molecule has 0 saturated carbocycles. The Bertz CT molecular complexity index is 718. The molecule has 3 heterocycles. The van der Waals surface area contributed by atoms with Gasteiger partial charge in [-0.25, -0.2) is 0 Å². The number of carbonyl (C=O) groups excluding carboxylic acids is 2. The maximum atomic E-state index is 12.5. The number of amides is 2. The summed E-state index contributed by atoms with van der Waals surface area (Å²) in [6.07, 6.45) is 0. The zero-order chi connectivity index (χ0) is 17.8. The molecule has 0 radical (unpaired) electrons. The van der Waals surface area contributed by atoms with Crippen LogP contribution in [0.25, 0.3) is 0 Å². The lowest BCUT2D eigenvalue weighted by atomic mass is 10.2. The number of nitrogens with one attached hydrogen (secondary N) is 1. The number of likely N-dealkylation sites (N-methyl/N-ethyl adjacent to an activating group) is 1. The number of nitrogens with zero attached hydrogens (tertiary/aromatic N) is 2. The number of furan rings is 1. The first-order chi connectivity index (χ1) is 12.0. The van der Waals surface area contributed by atoms with Crippen LogP contribution in [0.2, 0.25) is 0 Å². The predicted molar refractivity (Wildman–Crippen MR) is 95.7 cm³/mol. The number of quaternary nitrogens is 1. The van der Waals surface area contributed by atoms with Gasteiger partial charge in [0.15, 0.2) is 12.3 Å². The van der Waals surface area contributed by atoms with E-state index in [2.05, 4.69) is 0 Å². The number of hydrogen-bond donors (Lipinski definition) is 1. The van der Waals surface area contributed by atoms with Gasteiger partial charge in [-0.3, -0.25) is 9.59 Å². The van der Waals surface area contributed by atoms with Crippen LogP contribution in [0.3, 0.4) is 0 Å². The summed E-state index contributed by atoms with van der Waals surface area (Å²) in [6, 6.07) is 7.63. The van der Waals surface area contributed by atoms with E-state index >= 15 is 0 Å². The van der Waals surface area contributed by atoms with Crippen LogP contribution in [0.1, 0.15) is 21.2 Å². The van der Waals surface area contributed by atoms with Gasteiger partial charge >= 0.3 is 0 Å². The first-order valence-electron chi connectivity index (χ1n) is 8.50. The highest BCUT2D eigenvalue weighted by Gasteiger charge is 2.26. The maximum absolute atomic E-state index is 12.5. The molecule has 1 unspecified atom stereocenters. The van der Waals surface area contributed by atoms with Gasteiger partial charge in [-0.1, -0.05) is 6.07 Å². The molecule has 2 amide bonds. The fourth-order valence-corrected chi connectivity index (χ4v) is 3.72. The zero-order valence-electron chi connectivity index (χ0n) is 14.7. The Morgan fingerprint density at radius 1 is 1.16 bits per heavy atom. The van der Waals surface area contributed by atoms with Crippen LogP contribution in [0.15, 0.2) is 34.1 Å². The average molecular weight is 362 g/mol. The van der Waals surface area contributed by atoms with Crippen molar-refractivity contribution < 1.29 is 18.9 Å². The largest absolute Gasteiger partial charge is 0.460 e. The van der Waals surface area contributed by atoms with E-state index in [4.69, 9.17) is 4.42 Å². The summed E-state index contributed by atoms with van der Waals surface area (Å²) in [5.41, 5.74) is 0. The molecule has 3 rings (SSSR count). The van der Waals surface area contributed by atoms with Crippen LogP contribution in [-0.2, 0) is 11.3 Å². The molecule has 6 nitrogen and oxygen atoms in total. The summed E-state index contributed by atoms with van der Waals surface area (Å²) in [5.74, 6) is 1.98. The molecule has 0 bridgehead atoms. The number of carbonyl (C=O) groups is 2. The van der Waals surface area contributed by atoms with Crippen LogP contribution >= 0.6 is 11.3 Å². The first kappa shape index (κ1) is 17.7. The predicted octanol–water partition coefficient (Wildman–Crippen LogP) is 0.649. The second kappa shape index (κ2) is 7.84. The Morgan fingerprint density at radius 3 is 2.48 bits per heavy atom. The van der Waals surface area contributed by atoms with Crippen molar-refractivity contribution in [2.45, 2.75) is 13.5 Å². The van der Waals surface area contributed by atoms with Crippen LogP contribution < -0.4 is 4.90 Å². The van der Waals surface area contributed by atoms with Crippen LogP contribution in [0.4, 0.5) is 0 Å². The van der Waals surface area contributed by atoms with Crippen molar-refractivity contribution in [3.05, 3.63) is 46.0 Å². The fraction of sp³-hybridized carbons (Fsp3) is 0.444. The lowest BCUT2D eigenvalue weighted by molar-refractivity contribution is -0.886. The monoisotopic (exact) mass is 362 g/mol. The van der Waals surface area contributed by atoms with Gasteiger partial charge in [-0.05, 0) is 30.5 Å². The first-order valence-corrected chi connectivity index (χ1v) is 9.38. The van der Waals surface area contributed by atoms with Gasteiger partial charge in [0.05, 0.1) is 11.9 Å². The zero-order valence-corrected chi connectivity index (χ0v) is 15.5. The Balaban J connectivity index is 1.45. The topological polar surface area (TPSA) is 58.2 Å². The lowest BCUT2D eigenvalue weighted by Crippen LogP contribution is -3.08. The van der Waals surface area contributed by atoms with Crippen LogP contribution in [-0.4, -0.2) is 61.4 Å². The molecule has 1 aliphatic rings. The summed E-state index contributed by atoms with van der Waals surface area (Å²) < 4.78 is 5.57. The van der Waals surface area contributed by atoms with Gasteiger partial charge in [-0.15, -0.1) is 11.3 Å². The molecule has 1 atom stereocenters. The minimum Gasteiger partial charge on any atom is -0.460 e. The Kier molecular flexibility index (Phi) is 5.55. The average Bonchev–Trinajstić information content (AvgIpc) is 3.26. The van der Waals surface area contributed by atoms with Gasteiger partial charge < -0.3 is 19.1 Å². The number of rotatable bonds is 5. The second-order valence-electron chi connectivity index (χ2n) is 6.47. The van der Waals surface area contributed by atoms with E-state index < -0.39 is 0 Å². The molecule has 25 heavy (non-hydrogen) atoms. The number of piperazine rings is 1. The number of aryl methyl sites for hydroxylation is 1. The van der Waals surface area contributed by atoms with Crippen LogP contribution in [0.5, 0.6) is 0 Å². The van der Waals surface area contributed by atoms with Crippen molar-refractivity contribution in [1.82, 2.24) is 9.80 Å². The van der Waals surface area contributed by atoms with E-state index in [1.165, 1.54) is 11.3 Å². The van der Waals surface area contributed by atoms with Gasteiger partial charge in [0, 0.05) is 26.2 Å². The Labute approximate surface area is 151 Å². The van der Waals surface area contributed by atoms with Gasteiger partial charge in [-0.2, -0.15) is 0 Å². The highest BCUT2D eigenvalue weighted by molar-refractivity contribution is 7.12. The lowest BCUT2D eigenvalue weighted by Gasteiger charge is -2.34. The summed E-state index contributed by atoms with van der Waals surface area (Å²) in [6.45, 7) is 5.43. The third-order valence-corrected chi connectivity index (χ3v) is 5.23. The molecule has 2 aromatic rings. The standard InChI is InChI=1S/C18H23N3O3S/c1-14-5-6-15(24-14)12-19(2)13-17(22)20-7-9-21(10-8-20)18(23)16-4-3-11-25-16/h3-6,11H,7-10,12-13H2,1-2H3/p+1. The van der Waals surface area contributed by atoms with Gasteiger partial charge in [0.1, 0.15) is 12.3 Å². The smallest absolute Gasteiger partial charge is 0.277 e. The van der Waals surface area contributed by atoms with E-state index in [1.807, 2.05) is 53.4 Å². The van der Waals surface area contributed by atoms with E-state index in [-0.39, 0.29) is 11.8 Å². The summed E-state index contributed by atoms with van der Waals surface area (Å²) >= 11 is 1.46. The molecular formula is C18H24N3O3S+. The Hall–Kier alpha value is -2.12. The summed E-state index contributed by atoms with van der Waals surface area (Å²) in [4.78, 5) is 30.4. The number of thiophene rings is 1. The summed E-state index contributed by atoms with van der Waals surface area (Å²) in [5, 5.41) is 1.91. The molecule has 1 saturated heterocycles. The molecule has 1 fully saturated rings. The Morgan fingerprint density at radius 2 is 1.88 bits per heavy atom. The molecule has 1 aliphatic heterocycles. The van der Waals surface area contributed by atoms with Crippen LogP contribution in [0, 0.1) is 6.92 Å². The minimum atomic E-state index is 0.0676. The van der Waals surface area contributed by atoms with E-state index in [0.717, 1.165) is 21.3 Å². The molecule has 1 N–H and O–H groups in total. The van der Waals surface area contributed by atoms with E-state index in [0.29, 0.717) is 39.3 Å². The van der Waals surface area contributed by atoms with Crippen molar-refractivity contribution in [1.29, 1.82) is 0 Å². The highest BCUT2D eigenvalue weighted by Crippen LogP contribution is 2.13. The van der Waals surface area contributed by atoms with E-state index in [1.54, 1.807) is 0 Å². The highest BCUT2D eigenvalue weighted by atomic mass is 32.1. The molecule has 0 spiro atoms. The molecular weight excluding hydrogens is 338 g/mol. The van der Waals surface area contributed by atoms with Crippen molar-refractivity contribution in [2.75, 3.05) is 39.8 Å². The van der Waals surface area contributed by atoms with Crippen molar-refractivity contribution in [3.63, 3.8) is 0 Å². The molecule has 7 heteroatoms.